The number of benzene rings is 1. The first kappa shape index (κ1) is 25.7. The van der Waals surface area contributed by atoms with Crippen LogP contribution in [0, 0.1) is 0 Å². The van der Waals surface area contributed by atoms with Crippen LogP contribution in [0.1, 0.15) is 77.7 Å². The van der Waals surface area contributed by atoms with Crippen LogP contribution in [0.5, 0.6) is 0 Å². The third-order valence-electron chi connectivity index (χ3n) is 5.82. The minimum atomic E-state index is -0.364. The monoisotopic (exact) mass is 506 g/mol. The van der Waals surface area contributed by atoms with Gasteiger partial charge in [-0.25, -0.2) is 4.79 Å². The molecule has 3 rings (SSSR count). The first-order chi connectivity index (χ1) is 16.0. The molecule has 2 N–H and O–H groups in total. The van der Waals surface area contributed by atoms with E-state index in [4.69, 9.17) is 28.6 Å². The molecule has 33 heavy (non-hydrogen) atoms. The third kappa shape index (κ3) is 7.80. The van der Waals surface area contributed by atoms with Gasteiger partial charge in [0.1, 0.15) is 5.00 Å². The second-order valence-electron chi connectivity index (χ2n) is 8.33. The maximum absolute atomic E-state index is 12.7. The Morgan fingerprint density at radius 3 is 2.24 bits per heavy atom. The molecule has 0 spiro atoms. The van der Waals surface area contributed by atoms with Crippen molar-refractivity contribution < 1.29 is 14.3 Å². The van der Waals surface area contributed by atoms with Gasteiger partial charge in [0.2, 0.25) is 5.91 Å². The number of nitrogens with one attached hydrogen (secondary N) is 2. The van der Waals surface area contributed by atoms with E-state index in [1.165, 1.54) is 44.1 Å². The number of rotatable bonds is 4. The normalized spacial score (nSPS) is 14.8. The van der Waals surface area contributed by atoms with Gasteiger partial charge >= 0.3 is 5.97 Å². The summed E-state index contributed by atoms with van der Waals surface area (Å²) in [4.78, 5) is 26.4. The summed E-state index contributed by atoms with van der Waals surface area (Å²) >= 11 is 12.9. The Morgan fingerprint density at radius 1 is 1.00 bits per heavy atom. The predicted octanol–water partition coefficient (Wildman–Crippen LogP) is 6.46. The van der Waals surface area contributed by atoms with E-state index in [9.17, 15) is 9.59 Å². The fraction of sp³-hybridized carbons (Fsp3) is 0.480. The van der Waals surface area contributed by atoms with E-state index in [1.54, 1.807) is 23.5 Å². The van der Waals surface area contributed by atoms with Gasteiger partial charge < -0.3 is 15.4 Å². The van der Waals surface area contributed by atoms with E-state index in [0.717, 1.165) is 43.2 Å². The van der Waals surface area contributed by atoms with E-state index >= 15 is 0 Å². The average Bonchev–Trinajstić information content (AvgIpc) is 3.11. The summed E-state index contributed by atoms with van der Waals surface area (Å²) in [5.74, 6) is -0.595. The summed E-state index contributed by atoms with van der Waals surface area (Å²) < 4.78 is 5.11. The van der Waals surface area contributed by atoms with E-state index in [2.05, 4.69) is 10.6 Å². The lowest BCUT2D eigenvalue weighted by Crippen LogP contribution is -2.35. The Morgan fingerprint density at radius 2 is 1.61 bits per heavy atom. The largest absolute Gasteiger partial charge is 0.465 e. The molecular formula is C25H31ClN2O3S2. The van der Waals surface area contributed by atoms with E-state index in [-0.39, 0.29) is 23.4 Å². The van der Waals surface area contributed by atoms with Crippen LogP contribution in [-0.4, -0.2) is 24.1 Å². The number of amides is 1. The van der Waals surface area contributed by atoms with Crippen LogP contribution in [0.15, 0.2) is 24.3 Å². The summed E-state index contributed by atoms with van der Waals surface area (Å²) in [6, 6.07) is 7.11. The van der Waals surface area contributed by atoms with Crippen LogP contribution in [-0.2, 0) is 28.8 Å². The molecule has 8 heteroatoms. The molecule has 0 radical (unpaired) electrons. The predicted molar refractivity (Wildman–Crippen MR) is 140 cm³/mol. The number of methoxy groups -OCH3 is 1. The van der Waals surface area contributed by atoms with Crippen molar-refractivity contribution in [3.8, 4) is 0 Å². The number of fused-ring (bicyclic) bond motifs is 1. The van der Waals surface area contributed by atoms with Crippen LogP contribution in [0.3, 0.4) is 0 Å². The number of anilines is 1. The van der Waals surface area contributed by atoms with Crippen molar-refractivity contribution >= 4 is 57.1 Å². The molecule has 0 saturated heterocycles. The topological polar surface area (TPSA) is 67.4 Å². The van der Waals surface area contributed by atoms with E-state index in [1.807, 2.05) is 12.1 Å². The van der Waals surface area contributed by atoms with Crippen LogP contribution in [0.25, 0.3) is 0 Å². The molecule has 0 fully saturated rings. The van der Waals surface area contributed by atoms with Crippen molar-refractivity contribution in [1.29, 1.82) is 0 Å². The fourth-order valence-electron chi connectivity index (χ4n) is 4.13. The Bertz CT molecular complexity index is 973. The number of esters is 1. The molecule has 2 aromatic rings. The van der Waals surface area contributed by atoms with Crippen molar-refractivity contribution in [3.05, 3.63) is 50.9 Å². The summed E-state index contributed by atoms with van der Waals surface area (Å²) in [6.45, 7) is 0. The minimum Gasteiger partial charge on any atom is -0.465 e. The molecule has 178 valence electrons. The highest BCUT2D eigenvalue weighted by Gasteiger charge is 2.25. The lowest BCUT2D eigenvalue weighted by atomic mass is 9.97. The van der Waals surface area contributed by atoms with Crippen molar-refractivity contribution in [2.24, 2.45) is 0 Å². The lowest BCUT2D eigenvalue weighted by Gasteiger charge is -2.11. The standard InChI is InChI=1S/C25H31ClN2O3S2/c1-31-24(30)22-19-10-8-6-4-2-3-5-7-9-11-20(19)33-23(22)28-25(32)27-21(29)16-17-12-14-18(26)15-13-17/h12-15H,2-11,16H2,1H3,(H2,27,28,29,32). The number of hydrogen-bond acceptors (Lipinski definition) is 5. The molecule has 1 aliphatic rings. The smallest absolute Gasteiger partial charge is 0.341 e. The Kier molecular flexibility index (Phi) is 10.2. The number of aryl methyl sites for hydroxylation is 1. The maximum Gasteiger partial charge on any atom is 0.341 e. The van der Waals surface area contributed by atoms with Crippen molar-refractivity contribution in [2.75, 3.05) is 12.4 Å². The minimum absolute atomic E-state index is 0.177. The lowest BCUT2D eigenvalue weighted by molar-refractivity contribution is -0.119. The third-order valence-corrected chi connectivity index (χ3v) is 7.48. The average molecular weight is 507 g/mol. The summed E-state index contributed by atoms with van der Waals surface area (Å²) in [6.07, 6.45) is 11.6. The number of thiocarbonyl (C=S) groups is 1. The summed E-state index contributed by atoms with van der Waals surface area (Å²) in [5.41, 5.74) is 2.47. The first-order valence-electron chi connectivity index (χ1n) is 11.6. The first-order valence-corrected chi connectivity index (χ1v) is 13.2. The van der Waals surface area contributed by atoms with Crippen LogP contribution < -0.4 is 10.6 Å². The molecule has 0 aliphatic heterocycles. The number of thiophene rings is 1. The molecule has 5 nitrogen and oxygen atoms in total. The van der Waals surface area contributed by atoms with Crippen LogP contribution in [0.2, 0.25) is 5.02 Å². The van der Waals surface area contributed by atoms with Crippen molar-refractivity contribution in [1.82, 2.24) is 5.32 Å². The van der Waals surface area contributed by atoms with Gasteiger partial charge in [0.05, 0.1) is 19.1 Å². The Labute approximate surface area is 210 Å². The highest BCUT2D eigenvalue weighted by Crippen LogP contribution is 2.37. The molecule has 1 aliphatic carbocycles. The zero-order valence-corrected chi connectivity index (χ0v) is 21.4. The van der Waals surface area contributed by atoms with Crippen molar-refractivity contribution in [3.63, 3.8) is 0 Å². The number of ether oxygens (including phenoxy) is 1. The zero-order valence-electron chi connectivity index (χ0n) is 19.0. The van der Waals surface area contributed by atoms with E-state index in [0.29, 0.717) is 15.6 Å². The summed E-state index contributed by atoms with van der Waals surface area (Å²) in [5, 5.41) is 7.27. The van der Waals surface area contributed by atoms with Gasteiger partial charge in [-0.05, 0) is 61.2 Å². The number of hydrogen-bond donors (Lipinski definition) is 2. The Hall–Kier alpha value is -1.96. The van der Waals surface area contributed by atoms with Gasteiger partial charge in [-0.2, -0.15) is 0 Å². The van der Waals surface area contributed by atoms with Crippen LogP contribution in [0.4, 0.5) is 5.00 Å². The maximum atomic E-state index is 12.7. The highest BCUT2D eigenvalue weighted by atomic mass is 35.5. The van der Waals surface area contributed by atoms with Gasteiger partial charge in [0, 0.05) is 9.90 Å². The Balaban J connectivity index is 1.74. The molecule has 1 heterocycles. The second kappa shape index (κ2) is 13.1. The summed E-state index contributed by atoms with van der Waals surface area (Å²) in [7, 11) is 1.40. The molecule has 0 bridgehead atoms. The number of carbonyl (C=O) groups is 2. The van der Waals surface area contributed by atoms with Crippen LogP contribution >= 0.6 is 35.2 Å². The molecule has 0 atom stereocenters. The number of halogens is 1. The molecule has 0 saturated carbocycles. The van der Waals surface area contributed by atoms with Gasteiger partial charge in [-0.3, -0.25) is 4.79 Å². The molecular weight excluding hydrogens is 476 g/mol. The van der Waals surface area contributed by atoms with Crippen molar-refractivity contribution in [2.45, 2.75) is 70.6 Å². The van der Waals surface area contributed by atoms with Gasteiger partial charge in [0.15, 0.2) is 5.11 Å². The molecule has 1 aromatic carbocycles. The molecule has 0 unspecified atom stereocenters. The fourth-order valence-corrected chi connectivity index (χ4v) is 5.81. The highest BCUT2D eigenvalue weighted by molar-refractivity contribution is 7.80. The quantitative estimate of drug-likeness (QED) is 0.367. The van der Waals surface area contributed by atoms with Gasteiger partial charge in [-0.1, -0.05) is 62.3 Å². The SMILES string of the molecule is COC(=O)c1c(NC(=S)NC(=O)Cc2ccc(Cl)cc2)sc2c1CCCCCCCCCC2. The molecule has 1 amide bonds. The van der Waals surface area contributed by atoms with Gasteiger partial charge in [-0.15, -0.1) is 11.3 Å². The zero-order chi connectivity index (χ0) is 23.6. The molecule has 1 aromatic heterocycles. The second-order valence-corrected chi connectivity index (χ2v) is 10.3. The number of carbonyl (C=O) groups excluding carboxylic acids is 2. The van der Waals surface area contributed by atoms with E-state index < -0.39 is 0 Å². The van der Waals surface area contributed by atoms with Gasteiger partial charge in [0.25, 0.3) is 0 Å².